The molecule has 6 nitrogen and oxygen atoms in total. The third-order valence-electron chi connectivity index (χ3n) is 3.53. The first-order valence-corrected chi connectivity index (χ1v) is 8.17. The number of hydrogen-bond acceptors (Lipinski definition) is 4. The number of carbonyl (C=O) groups excluding carboxylic acids is 2. The highest BCUT2D eigenvalue weighted by molar-refractivity contribution is 6.18. The zero-order chi connectivity index (χ0) is 16.5. The monoisotopic (exact) mass is 340 g/mol. The van der Waals surface area contributed by atoms with Crippen LogP contribution in [0.4, 0.5) is 4.79 Å². The normalized spacial score (nSPS) is 15.1. The number of rotatable bonds is 6. The summed E-state index contributed by atoms with van der Waals surface area (Å²) in [6, 6.07) is 9.26. The molecule has 23 heavy (non-hydrogen) atoms. The third-order valence-corrected chi connectivity index (χ3v) is 3.69. The number of hydrogen-bond donors (Lipinski definition) is 1. The molecule has 7 heteroatoms. The van der Waals surface area contributed by atoms with E-state index in [2.05, 4.69) is 5.32 Å². The topological polar surface area (TPSA) is 67.9 Å². The van der Waals surface area contributed by atoms with Crippen LogP contribution in [0.15, 0.2) is 30.3 Å². The molecule has 1 aromatic rings. The van der Waals surface area contributed by atoms with Gasteiger partial charge in [0.05, 0.1) is 5.88 Å². The van der Waals surface area contributed by atoms with Crippen molar-refractivity contribution in [3.8, 4) is 5.75 Å². The van der Waals surface area contributed by atoms with E-state index >= 15 is 0 Å². The Morgan fingerprint density at radius 3 is 2.57 bits per heavy atom. The van der Waals surface area contributed by atoms with E-state index in [1.165, 1.54) is 0 Å². The molecule has 0 spiro atoms. The molecule has 1 aliphatic rings. The zero-order valence-electron chi connectivity index (χ0n) is 12.9. The van der Waals surface area contributed by atoms with Gasteiger partial charge in [-0.3, -0.25) is 4.79 Å². The van der Waals surface area contributed by atoms with Gasteiger partial charge in [0, 0.05) is 19.1 Å². The first-order chi connectivity index (χ1) is 11.2. The van der Waals surface area contributed by atoms with E-state index in [0.717, 1.165) is 0 Å². The van der Waals surface area contributed by atoms with Crippen LogP contribution in [0.5, 0.6) is 5.75 Å². The Bertz CT molecular complexity index is 504. The van der Waals surface area contributed by atoms with Crippen LogP contribution in [0.1, 0.15) is 12.8 Å². The highest BCUT2D eigenvalue weighted by Gasteiger charge is 2.24. The van der Waals surface area contributed by atoms with E-state index in [4.69, 9.17) is 21.1 Å². The molecular weight excluding hydrogens is 320 g/mol. The van der Waals surface area contributed by atoms with Crippen LogP contribution in [0.3, 0.4) is 0 Å². The molecule has 0 unspecified atom stereocenters. The first kappa shape index (κ1) is 17.4. The number of nitrogens with zero attached hydrogens (tertiary/aromatic N) is 1. The number of benzene rings is 1. The number of piperidine rings is 1. The second kappa shape index (κ2) is 9.25. The zero-order valence-corrected chi connectivity index (χ0v) is 13.6. The van der Waals surface area contributed by atoms with Gasteiger partial charge in [0.2, 0.25) is 0 Å². The standard InChI is InChI=1S/C16H21ClN2O4/c17-8-11-22-16(21)19-9-6-13(7-10-19)18-15(20)12-23-14-4-2-1-3-5-14/h1-5,13H,6-12H2,(H,18,20). The summed E-state index contributed by atoms with van der Waals surface area (Å²) in [6.07, 6.45) is 1.06. The number of halogens is 1. The van der Waals surface area contributed by atoms with Gasteiger partial charge in [-0.25, -0.2) is 4.79 Å². The van der Waals surface area contributed by atoms with Crippen molar-refractivity contribution in [1.82, 2.24) is 10.2 Å². The molecule has 2 amide bonds. The van der Waals surface area contributed by atoms with Crippen molar-refractivity contribution >= 4 is 23.6 Å². The number of likely N-dealkylation sites (tertiary alicyclic amines) is 1. The van der Waals surface area contributed by atoms with E-state index in [-0.39, 0.29) is 31.3 Å². The van der Waals surface area contributed by atoms with Gasteiger partial charge >= 0.3 is 6.09 Å². The molecular formula is C16H21ClN2O4. The Kier molecular flexibility index (Phi) is 7.00. The molecule has 1 aromatic carbocycles. The molecule has 1 aliphatic heterocycles. The second-order valence-electron chi connectivity index (χ2n) is 5.23. The van der Waals surface area contributed by atoms with Crippen LogP contribution < -0.4 is 10.1 Å². The van der Waals surface area contributed by atoms with Crippen LogP contribution in [0.2, 0.25) is 0 Å². The van der Waals surface area contributed by atoms with Crippen molar-refractivity contribution in [3.05, 3.63) is 30.3 Å². The largest absolute Gasteiger partial charge is 0.484 e. The van der Waals surface area contributed by atoms with E-state index in [0.29, 0.717) is 37.6 Å². The average molecular weight is 341 g/mol. The van der Waals surface area contributed by atoms with E-state index in [9.17, 15) is 9.59 Å². The Hall–Kier alpha value is -1.95. The van der Waals surface area contributed by atoms with E-state index < -0.39 is 0 Å². The van der Waals surface area contributed by atoms with E-state index in [1.807, 2.05) is 18.2 Å². The maximum atomic E-state index is 11.9. The van der Waals surface area contributed by atoms with Gasteiger partial charge < -0.3 is 19.7 Å². The summed E-state index contributed by atoms with van der Waals surface area (Å²) < 4.78 is 10.4. The van der Waals surface area contributed by atoms with Crippen molar-refractivity contribution in [2.45, 2.75) is 18.9 Å². The number of ether oxygens (including phenoxy) is 2. The van der Waals surface area contributed by atoms with Crippen molar-refractivity contribution in [1.29, 1.82) is 0 Å². The highest BCUT2D eigenvalue weighted by atomic mass is 35.5. The molecule has 0 aliphatic carbocycles. The Balaban J connectivity index is 1.65. The molecule has 126 valence electrons. The smallest absolute Gasteiger partial charge is 0.409 e. The summed E-state index contributed by atoms with van der Waals surface area (Å²) in [6.45, 7) is 1.33. The molecule has 0 atom stereocenters. The third kappa shape index (κ3) is 5.98. The predicted molar refractivity (Wildman–Crippen MR) is 86.7 cm³/mol. The fourth-order valence-corrected chi connectivity index (χ4v) is 2.44. The lowest BCUT2D eigenvalue weighted by atomic mass is 10.1. The number of nitrogens with one attached hydrogen (secondary N) is 1. The van der Waals surface area contributed by atoms with Gasteiger partial charge in [-0.2, -0.15) is 0 Å². The summed E-state index contributed by atoms with van der Waals surface area (Å²) >= 11 is 5.48. The summed E-state index contributed by atoms with van der Waals surface area (Å²) in [7, 11) is 0. The van der Waals surface area contributed by atoms with Gasteiger partial charge in [0.1, 0.15) is 12.4 Å². The van der Waals surface area contributed by atoms with Crippen LogP contribution >= 0.6 is 11.6 Å². The van der Waals surface area contributed by atoms with Crippen LogP contribution in [-0.2, 0) is 9.53 Å². The molecule has 1 fully saturated rings. The molecule has 2 rings (SSSR count). The quantitative estimate of drug-likeness (QED) is 0.804. The summed E-state index contributed by atoms with van der Waals surface area (Å²) in [5, 5.41) is 2.93. The van der Waals surface area contributed by atoms with Gasteiger partial charge in [-0.1, -0.05) is 18.2 Å². The van der Waals surface area contributed by atoms with Crippen LogP contribution in [-0.4, -0.2) is 55.1 Å². The lowest BCUT2D eigenvalue weighted by Gasteiger charge is -2.31. The van der Waals surface area contributed by atoms with Gasteiger partial charge in [-0.05, 0) is 25.0 Å². The fraction of sp³-hybridized carbons (Fsp3) is 0.500. The minimum Gasteiger partial charge on any atom is -0.484 e. The number of carbonyl (C=O) groups is 2. The lowest BCUT2D eigenvalue weighted by Crippen LogP contribution is -2.47. The molecule has 0 bridgehead atoms. The Labute approximate surface area is 140 Å². The van der Waals surface area contributed by atoms with Crippen LogP contribution in [0, 0.1) is 0 Å². The summed E-state index contributed by atoms with van der Waals surface area (Å²) in [5.74, 6) is 0.802. The van der Waals surface area contributed by atoms with Gasteiger partial charge in [0.15, 0.2) is 6.61 Å². The predicted octanol–water partition coefficient (Wildman–Crippen LogP) is 2.02. The first-order valence-electron chi connectivity index (χ1n) is 7.64. The highest BCUT2D eigenvalue weighted by Crippen LogP contribution is 2.12. The Morgan fingerprint density at radius 2 is 1.91 bits per heavy atom. The number of para-hydroxylation sites is 1. The molecule has 0 aromatic heterocycles. The molecule has 0 saturated carbocycles. The van der Waals surface area contributed by atoms with Gasteiger partial charge in [0.25, 0.3) is 5.91 Å². The van der Waals surface area contributed by atoms with Crippen LogP contribution in [0.25, 0.3) is 0 Å². The van der Waals surface area contributed by atoms with Gasteiger partial charge in [-0.15, -0.1) is 11.6 Å². The minimum atomic E-state index is -0.345. The minimum absolute atomic E-state index is 0.0119. The van der Waals surface area contributed by atoms with Crippen molar-refractivity contribution in [2.24, 2.45) is 0 Å². The fourth-order valence-electron chi connectivity index (χ4n) is 2.36. The Morgan fingerprint density at radius 1 is 1.22 bits per heavy atom. The lowest BCUT2D eigenvalue weighted by molar-refractivity contribution is -0.124. The number of amides is 2. The molecule has 1 saturated heterocycles. The molecule has 0 radical (unpaired) electrons. The molecule has 1 N–H and O–H groups in total. The van der Waals surface area contributed by atoms with Crippen molar-refractivity contribution in [3.63, 3.8) is 0 Å². The summed E-state index contributed by atoms with van der Waals surface area (Å²) in [5.41, 5.74) is 0. The SMILES string of the molecule is O=C(COc1ccccc1)NC1CCN(C(=O)OCCCl)CC1. The van der Waals surface area contributed by atoms with Crippen molar-refractivity contribution in [2.75, 3.05) is 32.2 Å². The molecule has 1 heterocycles. The van der Waals surface area contributed by atoms with E-state index in [1.54, 1.807) is 17.0 Å². The number of alkyl halides is 1. The van der Waals surface area contributed by atoms with Crippen molar-refractivity contribution < 1.29 is 19.1 Å². The summed E-state index contributed by atoms with van der Waals surface area (Å²) in [4.78, 5) is 25.2. The maximum absolute atomic E-state index is 11.9. The maximum Gasteiger partial charge on any atom is 0.409 e. The second-order valence-corrected chi connectivity index (χ2v) is 5.61. The average Bonchev–Trinajstić information content (AvgIpc) is 2.59.